The molecule has 2 aromatic rings. The standard InChI is InChI=1S/C20H20ClF3N2O2S/c21-14-2-1-11(19(28)26-13-8-15(22)18(24)16(23)9-13)7-12(14)10-20(4-5-20)17(27)3-6-25-29/h1-2,7-9,17,25,27,29H,3-6,10H2,(H,26,28). The van der Waals surface area contributed by atoms with Crippen LogP contribution in [0.2, 0.25) is 5.02 Å². The van der Waals surface area contributed by atoms with E-state index in [0.717, 1.165) is 12.8 Å². The van der Waals surface area contributed by atoms with E-state index < -0.39 is 29.5 Å². The summed E-state index contributed by atoms with van der Waals surface area (Å²) < 4.78 is 42.5. The molecule has 1 fully saturated rings. The van der Waals surface area contributed by atoms with E-state index in [-0.39, 0.29) is 16.7 Å². The molecule has 0 heterocycles. The molecule has 4 nitrogen and oxygen atoms in total. The van der Waals surface area contributed by atoms with Crippen molar-refractivity contribution in [1.29, 1.82) is 0 Å². The van der Waals surface area contributed by atoms with Gasteiger partial charge in [-0.2, -0.15) is 0 Å². The van der Waals surface area contributed by atoms with Crippen molar-refractivity contribution >= 4 is 36.0 Å². The molecule has 3 N–H and O–H groups in total. The number of aliphatic hydroxyl groups excluding tert-OH is 1. The Balaban J connectivity index is 1.76. The molecule has 1 aliphatic rings. The Kier molecular flexibility index (Phi) is 6.78. The van der Waals surface area contributed by atoms with Crippen LogP contribution in [0.3, 0.4) is 0 Å². The Morgan fingerprint density at radius 2 is 1.86 bits per heavy atom. The van der Waals surface area contributed by atoms with Crippen LogP contribution in [0.4, 0.5) is 18.9 Å². The van der Waals surface area contributed by atoms with E-state index in [0.29, 0.717) is 42.1 Å². The maximum atomic E-state index is 13.4. The second kappa shape index (κ2) is 8.95. The Morgan fingerprint density at radius 1 is 1.21 bits per heavy atom. The molecule has 29 heavy (non-hydrogen) atoms. The van der Waals surface area contributed by atoms with Gasteiger partial charge in [-0.1, -0.05) is 24.4 Å². The van der Waals surface area contributed by atoms with Crippen LogP contribution in [-0.2, 0) is 6.42 Å². The van der Waals surface area contributed by atoms with Gasteiger partial charge < -0.3 is 10.4 Å². The van der Waals surface area contributed by atoms with E-state index in [1.54, 1.807) is 12.1 Å². The lowest BCUT2D eigenvalue weighted by Crippen LogP contribution is -2.27. The summed E-state index contributed by atoms with van der Waals surface area (Å²) in [6.07, 6.45) is 2.22. The number of rotatable bonds is 8. The molecule has 0 aromatic heterocycles. The first-order valence-electron chi connectivity index (χ1n) is 9.05. The highest BCUT2D eigenvalue weighted by molar-refractivity contribution is 7.78. The highest BCUT2D eigenvalue weighted by Crippen LogP contribution is 2.52. The second-order valence-electron chi connectivity index (χ2n) is 7.27. The summed E-state index contributed by atoms with van der Waals surface area (Å²) >= 11 is 10.2. The van der Waals surface area contributed by atoms with Crippen LogP contribution in [0.25, 0.3) is 0 Å². The minimum absolute atomic E-state index is 0.198. The molecule has 0 aliphatic heterocycles. The molecule has 2 aromatic carbocycles. The lowest BCUT2D eigenvalue weighted by Gasteiger charge is -2.23. The molecule has 3 rings (SSSR count). The minimum Gasteiger partial charge on any atom is -0.392 e. The first-order valence-corrected chi connectivity index (χ1v) is 9.87. The maximum absolute atomic E-state index is 13.4. The monoisotopic (exact) mass is 444 g/mol. The number of amides is 1. The Bertz CT molecular complexity index is 902. The summed E-state index contributed by atoms with van der Waals surface area (Å²) in [7, 11) is 0. The SMILES string of the molecule is O=C(Nc1cc(F)c(F)c(F)c1)c1ccc(Cl)c(CC2(C(O)CCNS)CC2)c1. The number of anilines is 1. The molecule has 9 heteroatoms. The van der Waals surface area contributed by atoms with Crippen molar-refractivity contribution in [1.82, 2.24) is 4.72 Å². The first-order chi connectivity index (χ1) is 13.8. The van der Waals surface area contributed by atoms with Crippen molar-refractivity contribution in [2.24, 2.45) is 5.41 Å². The highest BCUT2D eigenvalue weighted by Gasteiger charge is 2.48. The van der Waals surface area contributed by atoms with Crippen LogP contribution in [0.1, 0.15) is 35.2 Å². The van der Waals surface area contributed by atoms with Crippen LogP contribution >= 0.6 is 24.4 Å². The molecular formula is C20H20ClF3N2O2S. The quantitative estimate of drug-likeness (QED) is 0.357. The zero-order valence-corrected chi connectivity index (χ0v) is 17.0. The van der Waals surface area contributed by atoms with Gasteiger partial charge >= 0.3 is 0 Å². The number of thiol groups is 1. The number of carbonyl (C=O) groups is 1. The second-order valence-corrected chi connectivity index (χ2v) is 7.99. The first kappa shape index (κ1) is 22.0. The smallest absolute Gasteiger partial charge is 0.255 e. The van der Waals surface area contributed by atoms with Gasteiger partial charge in [0.15, 0.2) is 17.5 Å². The third-order valence-corrected chi connectivity index (χ3v) is 5.81. The van der Waals surface area contributed by atoms with Gasteiger partial charge in [0.25, 0.3) is 5.91 Å². The van der Waals surface area contributed by atoms with Gasteiger partial charge in [-0.15, -0.1) is 0 Å². The van der Waals surface area contributed by atoms with Crippen molar-refractivity contribution in [2.45, 2.75) is 31.8 Å². The summed E-state index contributed by atoms with van der Waals surface area (Å²) in [5.41, 5.74) is 0.450. The predicted molar refractivity (Wildman–Crippen MR) is 109 cm³/mol. The molecule has 0 spiro atoms. The van der Waals surface area contributed by atoms with E-state index in [1.165, 1.54) is 6.07 Å². The van der Waals surface area contributed by atoms with Crippen molar-refractivity contribution < 1.29 is 23.1 Å². The van der Waals surface area contributed by atoms with E-state index in [1.807, 2.05) is 0 Å². The number of nitrogens with one attached hydrogen (secondary N) is 2. The minimum atomic E-state index is -1.60. The van der Waals surface area contributed by atoms with E-state index in [9.17, 15) is 23.1 Å². The summed E-state index contributed by atoms with van der Waals surface area (Å²) in [5, 5.41) is 13.3. The Hall–Kier alpha value is -1.74. The Morgan fingerprint density at radius 3 is 2.45 bits per heavy atom. The van der Waals surface area contributed by atoms with E-state index >= 15 is 0 Å². The predicted octanol–water partition coefficient (Wildman–Crippen LogP) is 4.52. The highest BCUT2D eigenvalue weighted by atomic mass is 35.5. The van der Waals surface area contributed by atoms with Gasteiger partial charge in [-0.25, -0.2) is 13.2 Å². The molecule has 1 aliphatic carbocycles. The maximum Gasteiger partial charge on any atom is 0.255 e. The van der Waals surface area contributed by atoms with Crippen molar-refractivity contribution in [3.63, 3.8) is 0 Å². The molecule has 1 unspecified atom stereocenters. The van der Waals surface area contributed by atoms with E-state index in [4.69, 9.17) is 11.6 Å². The van der Waals surface area contributed by atoms with Gasteiger partial charge in [0.1, 0.15) is 0 Å². The number of hydrogen-bond donors (Lipinski definition) is 4. The molecule has 0 radical (unpaired) electrons. The normalized spacial score (nSPS) is 15.8. The molecule has 1 atom stereocenters. The van der Waals surface area contributed by atoms with Gasteiger partial charge in [-0.3, -0.25) is 9.52 Å². The van der Waals surface area contributed by atoms with Crippen molar-refractivity contribution in [3.8, 4) is 0 Å². The zero-order valence-electron chi connectivity index (χ0n) is 15.3. The van der Waals surface area contributed by atoms with Crippen LogP contribution in [-0.4, -0.2) is 23.7 Å². The molecular weight excluding hydrogens is 425 g/mol. The fourth-order valence-electron chi connectivity index (χ4n) is 3.36. The third-order valence-electron chi connectivity index (χ3n) is 5.22. The van der Waals surface area contributed by atoms with Gasteiger partial charge in [0, 0.05) is 40.4 Å². The topological polar surface area (TPSA) is 61.4 Å². The number of carbonyl (C=O) groups excluding carboxylic acids is 1. The third kappa shape index (κ3) is 5.06. The number of halogens is 4. The van der Waals surface area contributed by atoms with Gasteiger partial charge in [0.05, 0.1) is 6.10 Å². The molecule has 1 saturated carbocycles. The van der Waals surface area contributed by atoms with Gasteiger partial charge in [-0.05, 0) is 49.4 Å². The molecule has 0 saturated heterocycles. The number of aliphatic hydroxyl groups is 1. The lowest BCUT2D eigenvalue weighted by molar-refractivity contribution is 0.0856. The average Bonchev–Trinajstić information content (AvgIpc) is 3.46. The largest absolute Gasteiger partial charge is 0.392 e. The molecule has 0 bridgehead atoms. The molecule has 156 valence electrons. The van der Waals surface area contributed by atoms with Crippen LogP contribution in [0.5, 0.6) is 0 Å². The summed E-state index contributed by atoms with van der Waals surface area (Å²) in [4.78, 5) is 12.5. The van der Waals surface area contributed by atoms with E-state index in [2.05, 4.69) is 22.9 Å². The summed E-state index contributed by atoms with van der Waals surface area (Å²) in [5.74, 6) is -4.99. The number of hydrogen-bond acceptors (Lipinski definition) is 4. The summed E-state index contributed by atoms with van der Waals surface area (Å²) in [6.45, 7) is 0.562. The average molecular weight is 445 g/mol. The molecule has 1 amide bonds. The van der Waals surface area contributed by atoms with Gasteiger partial charge in [0.2, 0.25) is 0 Å². The van der Waals surface area contributed by atoms with Crippen LogP contribution in [0.15, 0.2) is 30.3 Å². The van der Waals surface area contributed by atoms with Crippen molar-refractivity contribution in [3.05, 3.63) is 63.9 Å². The fourth-order valence-corrected chi connectivity index (χ4v) is 3.67. The zero-order chi connectivity index (χ0) is 21.2. The number of benzene rings is 2. The fraction of sp³-hybridized carbons (Fsp3) is 0.350. The van der Waals surface area contributed by atoms with Crippen molar-refractivity contribution in [2.75, 3.05) is 11.9 Å². The Labute approximate surface area is 177 Å². The van der Waals surface area contributed by atoms with Crippen LogP contribution < -0.4 is 10.0 Å². The lowest BCUT2D eigenvalue weighted by atomic mass is 9.88. The summed E-state index contributed by atoms with van der Waals surface area (Å²) in [6, 6.07) is 6.06. The van der Waals surface area contributed by atoms with Crippen LogP contribution in [0, 0.1) is 22.9 Å².